The molecule has 96 valence electrons. The molecule has 2 saturated carbocycles. The molecule has 3 rings (SSSR count). The van der Waals surface area contributed by atoms with Gasteiger partial charge in [0.1, 0.15) is 0 Å². The molecule has 3 nitrogen and oxygen atoms in total. The molecule has 1 aliphatic heterocycles. The van der Waals surface area contributed by atoms with Crippen molar-refractivity contribution in [1.82, 2.24) is 10.6 Å². The summed E-state index contributed by atoms with van der Waals surface area (Å²) in [5, 5.41) is 6.62. The molecule has 2 aliphatic carbocycles. The quantitative estimate of drug-likeness (QED) is 0.760. The Morgan fingerprint density at radius 2 is 1.88 bits per heavy atom. The van der Waals surface area contributed by atoms with Gasteiger partial charge in [0, 0.05) is 12.5 Å². The molecule has 0 aromatic rings. The first-order valence-electron chi connectivity index (χ1n) is 7.33. The van der Waals surface area contributed by atoms with Crippen LogP contribution in [0.2, 0.25) is 0 Å². The lowest BCUT2D eigenvalue weighted by Crippen LogP contribution is -2.41. The fourth-order valence-corrected chi connectivity index (χ4v) is 3.18. The molecule has 3 heteroatoms. The molecule has 3 fully saturated rings. The topological polar surface area (TPSA) is 41.1 Å². The third-order valence-electron chi connectivity index (χ3n) is 4.53. The second-order valence-electron chi connectivity index (χ2n) is 6.16. The predicted octanol–water partition coefficient (Wildman–Crippen LogP) is 1.54. The summed E-state index contributed by atoms with van der Waals surface area (Å²) in [6.07, 6.45) is 7.69. The van der Waals surface area contributed by atoms with E-state index in [0.29, 0.717) is 17.7 Å². The van der Waals surface area contributed by atoms with Gasteiger partial charge in [0.25, 0.3) is 0 Å². The van der Waals surface area contributed by atoms with E-state index < -0.39 is 0 Å². The average Bonchev–Trinajstić information content (AvgIpc) is 3.22. The molecule has 1 atom stereocenters. The van der Waals surface area contributed by atoms with E-state index >= 15 is 0 Å². The van der Waals surface area contributed by atoms with E-state index in [2.05, 4.69) is 10.6 Å². The SMILES string of the molecule is O=C(NCC1CCCNC1)C(C1CC1)C1CC1. The highest BCUT2D eigenvalue weighted by Gasteiger charge is 2.45. The second kappa shape index (κ2) is 4.97. The summed E-state index contributed by atoms with van der Waals surface area (Å²) in [7, 11) is 0. The third-order valence-corrected chi connectivity index (χ3v) is 4.53. The molecule has 0 aromatic carbocycles. The molecule has 0 radical (unpaired) electrons. The molecular weight excluding hydrogens is 212 g/mol. The fraction of sp³-hybridized carbons (Fsp3) is 0.929. The van der Waals surface area contributed by atoms with Crippen molar-refractivity contribution in [3.8, 4) is 0 Å². The largest absolute Gasteiger partial charge is 0.356 e. The summed E-state index contributed by atoms with van der Waals surface area (Å²) in [4.78, 5) is 12.2. The minimum absolute atomic E-state index is 0.362. The number of carbonyl (C=O) groups excluding carboxylic acids is 1. The van der Waals surface area contributed by atoms with Gasteiger partial charge in [-0.3, -0.25) is 4.79 Å². The van der Waals surface area contributed by atoms with Crippen LogP contribution in [-0.4, -0.2) is 25.5 Å². The van der Waals surface area contributed by atoms with Crippen molar-refractivity contribution in [3.63, 3.8) is 0 Å². The van der Waals surface area contributed by atoms with Crippen molar-refractivity contribution in [3.05, 3.63) is 0 Å². The van der Waals surface area contributed by atoms with Gasteiger partial charge in [-0.05, 0) is 69.4 Å². The Morgan fingerprint density at radius 3 is 2.41 bits per heavy atom. The monoisotopic (exact) mass is 236 g/mol. The zero-order valence-electron chi connectivity index (χ0n) is 10.6. The van der Waals surface area contributed by atoms with E-state index in [1.807, 2.05) is 0 Å². The van der Waals surface area contributed by atoms with Gasteiger partial charge in [-0.1, -0.05) is 0 Å². The van der Waals surface area contributed by atoms with E-state index in [9.17, 15) is 4.79 Å². The van der Waals surface area contributed by atoms with Gasteiger partial charge in [0.2, 0.25) is 5.91 Å². The third kappa shape index (κ3) is 3.01. The lowest BCUT2D eigenvalue weighted by molar-refractivity contribution is -0.126. The van der Waals surface area contributed by atoms with Crippen LogP contribution in [0.1, 0.15) is 38.5 Å². The zero-order valence-corrected chi connectivity index (χ0v) is 10.6. The van der Waals surface area contributed by atoms with E-state index in [0.717, 1.165) is 31.5 Å². The second-order valence-corrected chi connectivity index (χ2v) is 6.16. The van der Waals surface area contributed by atoms with Gasteiger partial charge in [-0.15, -0.1) is 0 Å². The highest BCUT2D eigenvalue weighted by molar-refractivity contribution is 5.80. The number of carbonyl (C=O) groups is 1. The van der Waals surface area contributed by atoms with E-state index in [-0.39, 0.29) is 0 Å². The fourth-order valence-electron chi connectivity index (χ4n) is 3.18. The number of amides is 1. The maximum atomic E-state index is 12.2. The zero-order chi connectivity index (χ0) is 11.7. The Kier molecular flexibility index (Phi) is 3.37. The van der Waals surface area contributed by atoms with Crippen LogP contribution in [0.4, 0.5) is 0 Å². The molecule has 3 aliphatic rings. The summed E-state index contributed by atoms with van der Waals surface area (Å²) < 4.78 is 0. The Balaban J connectivity index is 1.44. The molecular formula is C14H24N2O. The Labute approximate surface area is 104 Å². The number of rotatable bonds is 5. The van der Waals surface area contributed by atoms with Gasteiger partial charge in [0.05, 0.1) is 0 Å². The molecule has 1 unspecified atom stereocenters. The van der Waals surface area contributed by atoms with Crippen LogP contribution in [-0.2, 0) is 4.79 Å². The van der Waals surface area contributed by atoms with Crippen molar-refractivity contribution in [2.24, 2.45) is 23.7 Å². The van der Waals surface area contributed by atoms with Gasteiger partial charge < -0.3 is 10.6 Å². The van der Waals surface area contributed by atoms with Crippen LogP contribution in [0.3, 0.4) is 0 Å². The van der Waals surface area contributed by atoms with Crippen molar-refractivity contribution in [2.75, 3.05) is 19.6 Å². The average molecular weight is 236 g/mol. The molecule has 2 N–H and O–H groups in total. The Bertz CT molecular complexity index is 266. The summed E-state index contributed by atoms with van der Waals surface area (Å²) in [6, 6.07) is 0. The highest BCUT2D eigenvalue weighted by Crippen LogP contribution is 2.49. The Morgan fingerprint density at radius 1 is 1.18 bits per heavy atom. The smallest absolute Gasteiger partial charge is 0.223 e. The van der Waals surface area contributed by atoms with Gasteiger partial charge in [-0.25, -0.2) is 0 Å². The van der Waals surface area contributed by atoms with Crippen molar-refractivity contribution >= 4 is 5.91 Å². The normalized spacial score (nSPS) is 29.4. The first-order chi connectivity index (χ1) is 8.34. The lowest BCUT2D eigenvalue weighted by Gasteiger charge is -2.24. The first kappa shape index (κ1) is 11.5. The van der Waals surface area contributed by atoms with Crippen LogP contribution < -0.4 is 10.6 Å². The van der Waals surface area contributed by atoms with Crippen LogP contribution >= 0.6 is 0 Å². The van der Waals surface area contributed by atoms with Crippen LogP contribution in [0.5, 0.6) is 0 Å². The van der Waals surface area contributed by atoms with Gasteiger partial charge in [0.15, 0.2) is 0 Å². The standard InChI is InChI=1S/C14H24N2O/c17-14(13(11-3-4-11)12-5-6-12)16-9-10-2-1-7-15-8-10/h10-13,15H,1-9H2,(H,16,17). The summed E-state index contributed by atoms with van der Waals surface area (Å²) in [6.45, 7) is 3.12. The Hall–Kier alpha value is -0.570. The van der Waals surface area contributed by atoms with Crippen molar-refractivity contribution < 1.29 is 4.79 Å². The summed E-state index contributed by atoms with van der Waals surface area (Å²) in [5.74, 6) is 2.85. The number of piperidine rings is 1. The maximum Gasteiger partial charge on any atom is 0.223 e. The van der Waals surface area contributed by atoms with Crippen molar-refractivity contribution in [1.29, 1.82) is 0 Å². The summed E-state index contributed by atoms with van der Waals surface area (Å²) >= 11 is 0. The van der Waals surface area contributed by atoms with E-state index in [1.165, 1.54) is 38.5 Å². The molecule has 1 amide bonds. The first-order valence-corrected chi connectivity index (χ1v) is 7.33. The highest BCUT2D eigenvalue weighted by atomic mass is 16.1. The molecule has 0 bridgehead atoms. The van der Waals surface area contributed by atoms with Crippen molar-refractivity contribution in [2.45, 2.75) is 38.5 Å². The van der Waals surface area contributed by atoms with Crippen LogP contribution in [0.15, 0.2) is 0 Å². The van der Waals surface area contributed by atoms with E-state index in [1.54, 1.807) is 0 Å². The van der Waals surface area contributed by atoms with Crippen LogP contribution in [0.25, 0.3) is 0 Å². The van der Waals surface area contributed by atoms with Gasteiger partial charge in [-0.2, -0.15) is 0 Å². The summed E-state index contributed by atoms with van der Waals surface area (Å²) in [5.41, 5.74) is 0. The molecule has 0 spiro atoms. The minimum atomic E-state index is 0.362. The molecule has 1 saturated heterocycles. The molecule has 17 heavy (non-hydrogen) atoms. The van der Waals surface area contributed by atoms with Gasteiger partial charge >= 0.3 is 0 Å². The maximum absolute atomic E-state index is 12.2. The molecule has 1 heterocycles. The predicted molar refractivity (Wildman–Crippen MR) is 67.5 cm³/mol. The lowest BCUT2D eigenvalue weighted by atomic mass is 9.95. The van der Waals surface area contributed by atoms with Crippen LogP contribution in [0, 0.1) is 23.7 Å². The number of hydrogen-bond acceptors (Lipinski definition) is 2. The van der Waals surface area contributed by atoms with E-state index in [4.69, 9.17) is 0 Å². The molecule has 0 aromatic heterocycles. The number of hydrogen-bond donors (Lipinski definition) is 2. The number of nitrogens with one attached hydrogen (secondary N) is 2. The minimum Gasteiger partial charge on any atom is -0.356 e.